The molecule has 3 rings (SSSR count). The van der Waals surface area contributed by atoms with E-state index in [1.165, 1.54) is 5.56 Å². The Hall–Kier alpha value is -2.11. The Morgan fingerprint density at radius 3 is 2.62 bits per heavy atom. The van der Waals surface area contributed by atoms with Crippen LogP contribution < -0.4 is 4.74 Å². The van der Waals surface area contributed by atoms with Crippen LogP contribution in [0.4, 0.5) is 0 Å². The van der Waals surface area contributed by atoms with Crippen molar-refractivity contribution in [2.24, 2.45) is 0 Å². The number of nitrogens with zero attached hydrogens (tertiary/aromatic N) is 2. The number of phenolic OH excluding ortho intramolecular Hbond substituents is 1. The minimum absolute atomic E-state index is 0.215. The van der Waals surface area contributed by atoms with Crippen molar-refractivity contribution in [1.82, 2.24) is 9.88 Å². The first kappa shape index (κ1) is 16.7. The molecule has 0 unspecified atom stereocenters. The van der Waals surface area contributed by atoms with Gasteiger partial charge in [0, 0.05) is 6.54 Å². The van der Waals surface area contributed by atoms with Crippen molar-refractivity contribution in [1.29, 1.82) is 0 Å². The van der Waals surface area contributed by atoms with Gasteiger partial charge in [-0.15, -0.1) is 11.3 Å². The number of aromatic nitrogens is 1. The summed E-state index contributed by atoms with van der Waals surface area (Å²) in [7, 11) is 1.63. The molecule has 5 heteroatoms. The number of hydrogen-bond donors (Lipinski definition) is 1. The van der Waals surface area contributed by atoms with Crippen molar-refractivity contribution in [2.45, 2.75) is 20.4 Å². The van der Waals surface area contributed by atoms with E-state index in [1.54, 1.807) is 36.6 Å². The average Bonchev–Trinajstić information content (AvgIpc) is 3.02. The number of thiazole rings is 1. The van der Waals surface area contributed by atoms with Crippen molar-refractivity contribution in [3.63, 3.8) is 0 Å². The minimum Gasteiger partial charge on any atom is -0.508 e. The zero-order chi connectivity index (χ0) is 17.1. The molecule has 0 aliphatic rings. The maximum absolute atomic E-state index is 9.78. The van der Waals surface area contributed by atoms with Gasteiger partial charge in [0.15, 0.2) is 0 Å². The van der Waals surface area contributed by atoms with Crippen molar-refractivity contribution >= 4 is 21.6 Å². The Bertz CT molecular complexity index is 840. The normalized spacial score (nSPS) is 11.3. The molecule has 0 radical (unpaired) electrons. The van der Waals surface area contributed by atoms with Gasteiger partial charge in [0.1, 0.15) is 16.5 Å². The van der Waals surface area contributed by atoms with Gasteiger partial charge in [-0.3, -0.25) is 4.90 Å². The second-order valence-electron chi connectivity index (χ2n) is 5.67. The predicted octanol–water partition coefficient (Wildman–Crippen LogP) is 4.52. The summed E-state index contributed by atoms with van der Waals surface area (Å²) in [6, 6.07) is 11.5. The highest BCUT2D eigenvalue weighted by molar-refractivity contribution is 7.21. The number of rotatable bonds is 6. The zero-order valence-electron chi connectivity index (χ0n) is 14.2. The SMILES string of the molecule is CCN(CC)Cc1ccc2nc(-c3cc(O)ccc3OC)sc2c1. The van der Waals surface area contributed by atoms with Crippen LogP contribution in [0.1, 0.15) is 19.4 Å². The van der Waals surface area contributed by atoms with Crippen molar-refractivity contribution in [2.75, 3.05) is 20.2 Å². The summed E-state index contributed by atoms with van der Waals surface area (Å²) >= 11 is 1.62. The van der Waals surface area contributed by atoms with Crippen molar-refractivity contribution in [3.8, 4) is 22.1 Å². The molecule has 0 atom stereocenters. The van der Waals surface area contributed by atoms with E-state index in [1.807, 2.05) is 0 Å². The highest BCUT2D eigenvalue weighted by Gasteiger charge is 2.13. The van der Waals surface area contributed by atoms with Crippen molar-refractivity contribution < 1.29 is 9.84 Å². The van der Waals surface area contributed by atoms with Crippen LogP contribution in [-0.2, 0) is 6.54 Å². The highest BCUT2D eigenvalue weighted by Crippen LogP contribution is 2.37. The van der Waals surface area contributed by atoms with Gasteiger partial charge < -0.3 is 9.84 Å². The maximum atomic E-state index is 9.78. The summed E-state index contributed by atoms with van der Waals surface area (Å²) in [6.07, 6.45) is 0. The fourth-order valence-electron chi connectivity index (χ4n) is 2.75. The van der Waals surface area contributed by atoms with E-state index in [4.69, 9.17) is 9.72 Å². The van der Waals surface area contributed by atoms with Crippen LogP contribution in [0.25, 0.3) is 20.8 Å². The Morgan fingerprint density at radius 2 is 1.92 bits per heavy atom. The molecule has 0 bridgehead atoms. The summed E-state index contributed by atoms with van der Waals surface area (Å²) in [6.45, 7) is 7.40. The molecule has 0 aliphatic heterocycles. The first-order chi connectivity index (χ1) is 11.6. The van der Waals surface area contributed by atoms with Gasteiger partial charge in [0.05, 0.1) is 22.9 Å². The number of benzene rings is 2. The average molecular weight is 342 g/mol. The first-order valence-corrected chi connectivity index (χ1v) is 8.95. The molecule has 126 valence electrons. The molecule has 0 saturated heterocycles. The quantitative estimate of drug-likeness (QED) is 0.715. The second-order valence-corrected chi connectivity index (χ2v) is 6.70. The lowest BCUT2D eigenvalue weighted by molar-refractivity contribution is 0.296. The van der Waals surface area contributed by atoms with Gasteiger partial charge >= 0.3 is 0 Å². The van der Waals surface area contributed by atoms with E-state index in [-0.39, 0.29) is 5.75 Å². The van der Waals surface area contributed by atoms with E-state index < -0.39 is 0 Å². The van der Waals surface area contributed by atoms with Crippen LogP contribution in [0.15, 0.2) is 36.4 Å². The van der Waals surface area contributed by atoms with E-state index in [0.717, 1.165) is 46.2 Å². The molecule has 1 heterocycles. The molecular formula is C19H22N2O2S. The molecular weight excluding hydrogens is 320 g/mol. The van der Waals surface area contributed by atoms with Gasteiger partial charge in [-0.2, -0.15) is 0 Å². The maximum Gasteiger partial charge on any atom is 0.129 e. The molecule has 24 heavy (non-hydrogen) atoms. The van der Waals surface area contributed by atoms with Gasteiger partial charge in [0.2, 0.25) is 0 Å². The molecule has 1 aromatic heterocycles. The zero-order valence-corrected chi connectivity index (χ0v) is 15.1. The molecule has 0 spiro atoms. The lowest BCUT2D eigenvalue weighted by Crippen LogP contribution is -2.21. The van der Waals surface area contributed by atoms with Gasteiger partial charge in [0.25, 0.3) is 0 Å². The van der Waals surface area contributed by atoms with Crippen LogP contribution in [0.3, 0.4) is 0 Å². The van der Waals surface area contributed by atoms with Gasteiger partial charge in [-0.05, 0) is 49.0 Å². The number of hydrogen-bond acceptors (Lipinski definition) is 5. The minimum atomic E-state index is 0.215. The molecule has 0 saturated carbocycles. The largest absolute Gasteiger partial charge is 0.508 e. The van der Waals surface area contributed by atoms with E-state index in [0.29, 0.717) is 0 Å². The molecule has 0 aliphatic carbocycles. The summed E-state index contributed by atoms with van der Waals surface area (Å²) in [4.78, 5) is 7.10. The molecule has 3 aromatic rings. The smallest absolute Gasteiger partial charge is 0.129 e. The number of phenols is 1. The fraction of sp³-hybridized carbons (Fsp3) is 0.316. The lowest BCUT2D eigenvalue weighted by atomic mass is 10.2. The summed E-state index contributed by atoms with van der Waals surface area (Å²) in [5.41, 5.74) is 3.09. The first-order valence-electron chi connectivity index (χ1n) is 8.13. The van der Waals surface area contributed by atoms with E-state index in [9.17, 15) is 5.11 Å². The third-order valence-corrected chi connectivity index (χ3v) is 5.22. The van der Waals surface area contributed by atoms with Gasteiger partial charge in [-0.1, -0.05) is 19.9 Å². The van der Waals surface area contributed by atoms with Crippen LogP contribution in [0, 0.1) is 0 Å². The third-order valence-electron chi connectivity index (χ3n) is 4.17. The summed E-state index contributed by atoms with van der Waals surface area (Å²) in [5.74, 6) is 0.933. The topological polar surface area (TPSA) is 45.6 Å². The fourth-order valence-corrected chi connectivity index (χ4v) is 3.80. The predicted molar refractivity (Wildman–Crippen MR) is 99.9 cm³/mol. The molecule has 1 N–H and O–H groups in total. The van der Waals surface area contributed by atoms with E-state index in [2.05, 4.69) is 36.9 Å². The molecule has 4 nitrogen and oxygen atoms in total. The standard InChI is InChI=1S/C19H22N2O2S/c1-4-21(5-2)12-13-6-8-16-18(10-13)24-19(20-16)15-11-14(22)7-9-17(15)23-3/h6-11,22H,4-5,12H2,1-3H3. The van der Waals surface area contributed by atoms with Gasteiger partial charge in [-0.25, -0.2) is 4.98 Å². The lowest BCUT2D eigenvalue weighted by Gasteiger charge is -2.17. The number of fused-ring (bicyclic) bond motifs is 1. The Balaban J connectivity index is 1.99. The van der Waals surface area contributed by atoms with Crippen LogP contribution in [0.5, 0.6) is 11.5 Å². The summed E-state index contributed by atoms with van der Waals surface area (Å²) in [5, 5.41) is 10.6. The molecule has 0 amide bonds. The van der Waals surface area contributed by atoms with Crippen LogP contribution >= 0.6 is 11.3 Å². The Labute approximate surface area is 146 Å². The highest BCUT2D eigenvalue weighted by atomic mass is 32.1. The Morgan fingerprint density at radius 1 is 1.12 bits per heavy atom. The second kappa shape index (κ2) is 7.20. The summed E-state index contributed by atoms with van der Waals surface area (Å²) < 4.78 is 6.56. The van der Waals surface area contributed by atoms with Crippen LogP contribution in [0.2, 0.25) is 0 Å². The van der Waals surface area contributed by atoms with Crippen LogP contribution in [-0.4, -0.2) is 35.2 Å². The monoisotopic (exact) mass is 342 g/mol. The Kier molecular flexibility index (Phi) is 5.02. The van der Waals surface area contributed by atoms with E-state index >= 15 is 0 Å². The molecule has 0 fully saturated rings. The molecule has 2 aromatic carbocycles. The number of methoxy groups -OCH3 is 1. The van der Waals surface area contributed by atoms with Crippen molar-refractivity contribution in [3.05, 3.63) is 42.0 Å². The number of ether oxygens (including phenoxy) is 1. The third kappa shape index (κ3) is 3.37. The number of aromatic hydroxyl groups is 1.